The normalized spacial score (nSPS) is 28.8. The summed E-state index contributed by atoms with van der Waals surface area (Å²) in [4.78, 5) is 64.1. The fourth-order valence-electron chi connectivity index (χ4n) is 15.7. The van der Waals surface area contributed by atoms with Crippen LogP contribution in [0.4, 0.5) is 0 Å². The van der Waals surface area contributed by atoms with E-state index in [1.165, 1.54) is 170 Å². The van der Waals surface area contributed by atoms with E-state index in [0.29, 0.717) is 25.7 Å². The van der Waals surface area contributed by atoms with Crippen LogP contribution in [-0.4, -0.2) is 238 Å². The van der Waals surface area contributed by atoms with Gasteiger partial charge in [0.05, 0.1) is 84.7 Å². The summed E-state index contributed by atoms with van der Waals surface area (Å²) >= 11 is 0. The maximum absolute atomic E-state index is 14.2. The van der Waals surface area contributed by atoms with Gasteiger partial charge in [-0.25, -0.2) is 4.18 Å². The second-order valence-electron chi connectivity index (χ2n) is 34.4. The number of terminal acetylenes is 1. The van der Waals surface area contributed by atoms with Gasteiger partial charge in [-0.1, -0.05) is 208 Å². The zero-order valence-electron chi connectivity index (χ0n) is 75.9. The van der Waals surface area contributed by atoms with E-state index in [1.54, 1.807) is 48.5 Å². The maximum Gasteiger partial charge on any atom is 0.397 e. The number of nitrogens with zero attached hydrogens (tertiary/aromatic N) is 1. The van der Waals surface area contributed by atoms with Crippen LogP contribution >= 0.6 is 0 Å². The van der Waals surface area contributed by atoms with Crippen molar-refractivity contribution in [2.24, 2.45) is 23.7 Å². The van der Waals surface area contributed by atoms with Crippen molar-refractivity contribution in [2.45, 2.75) is 456 Å². The molecule has 9 N–H and O–H groups in total. The number of unbranched alkanes of at least 4 members (excludes halogenated alkanes) is 27. The van der Waals surface area contributed by atoms with Gasteiger partial charge in [0.15, 0.2) is 18.7 Å². The summed E-state index contributed by atoms with van der Waals surface area (Å²) in [6.45, 7) is 26.6. The predicted octanol–water partition coefficient (Wildman–Crippen LogP) is 14.2. The average molecular weight is 1710 g/mol. The molecule has 0 amide bonds. The molecule has 3 heterocycles. The molecular formula is C90H167NO26S. The standard InChI is InChI=1S/C40H71NO14.C19H36O4.C19H34O4.C12H26O4S/c1-15-27-40(11,48)33(44)22(5)30(43)20(3)18-38(9,47)35(55-37-32(53-28(42)16-2)26(41(12)13)17-21(4)50-37)23(6)31(24(7)36(46)52-27)54-29-19-39(10,49-14)34(45)25(8)51-29;2*1-3-4-5-6-7-8-9-10-11-12-13-14-18(21)15-19(22)16-23-17(2)20;1-2-3-4-5-6-7-8-9-10-11-12-16-17(13,14)15/h20-27,29,31-35,37,44-45,47-48H,15-19H2,1-14H3;3,18-19,21-22H,1,4-16H2,2H3;1,18-19,21-22H,4-16H2,2H3;2-12H2,1H3,(H,13,14,15). The summed E-state index contributed by atoms with van der Waals surface area (Å²) in [6.07, 6.45) is 32.7. The van der Waals surface area contributed by atoms with Gasteiger partial charge in [-0.15, -0.1) is 18.9 Å². The van der Waals surface area contributed by atoms with Crippen LogP contribution in [0.5, 0.6) is 0 Å². The Balaban J connectivity index is 0.00000179. The van der Waals surface area contributed by atoms with Gasteiger partial charge >= 0.3 is 34.3 Å². The number of carbonyl (C=O) groups excluding carboxylic acids is 5. The number of allylic oxidation sites excluding steroid dienone is 1. The Morgan fingerprint density at radius 1 is 0.644 bits per heavy atom. The number of methoxy groups -OCH3 is 1. The summed E-state index contributed by atoms with van der Waals surface area (Å²) in [7, 11) is 0.973. The number of carbonyl (C=O) groups is 5. The number of rotatable bonds is 52. The topological polar surface area (TPSA) is 397 Å². The van der Waals surface area contributed by atoms with Crippen LogP contribution < -0.4 is 0 Å². The number of hydrogen-bond acceptors (Lipinski definition) is 26. The number of aliphatic hydroxyl groups is 8. The predicted molar refractivity (Wildman–Crippen MR) is 457 cm³/mol. The average Bonchev–Trinajstić information content (AvgIpc) is 0.775. The number of cyclic esters (lactones) is 1. The van der Waals surface area contributed by atoms with Crippen molar-refractivity contribution in [3.63, 3.8) is 0 Å². The largest absolute Gasteiger partial charge is 0.463 e. The number of aliphatic hydroxyl groups excluding tert-OH is 6. The van der Waals surface area contributed by atoms with E-state index in [4.69, 9.17) is 53.6 Å². The van der Waals surface area contributed by atoms with Gasteiger partial charge in [0, 0.05) is 70.8 Å². The quantitative estimate of drug-likeness (QED) is 0.00682. The van der Waals surface area contributed by atoms with Crippen LogP contribution in [0.15, 0.2) is 12.7 Å². The third-order valence-corrected chi connectivity index (χ3v) is 23.4. The lowest BCUT2D eigenvalue weighted by Gasteiger charge is -2.49. The van der Waals surface area contributed by atoms with Crippen LogP contribution in [0, 0.1) is 36.0 Å². The molecule has 22 atom stereocenters. The van der Waals surface area contributed by atoms with Gasteiger partial charge in [-0.3, -0.25) is 28.5 Å². The van der Waals surface area contributed by atoms with E-state index >= 15 is 0 Å². The Bertz CT molecular complexity index is 2810. The first kappa shape index (κ1) is 114. The summed E-state index contributed by atoms with van der Waals surface area (Å²) in [5.74, 6) is -3.73. The van der Waals surface area contributed by atoms with Gasteiger partial charge in [-0.05, 0) is 113 Å². The SMILES string of the molecule is C#CCCCCCCCCCCCC(O)CC(O)COC(C)=O.C=CCCCCCCCCCCCC(O)CC(O)COC(C)=O.CCC(=O)OC1C(OC2C(C)C(OC3CC(C)(OC)C(O)C(C)O3)C(C)C(=O)OC(CC)C(C)(O)C(O)C(C)C(=O)C(C)CC2(C)O)OC(C)CC1N(C)C.CCCCCCCCCCCCOS(=O)(=O)O. The fraction of sp³-hybridized carbons (Fsp3) is 0.900. The minimum Gasteiger partial charge on any atom is -0.463 e. The van der Waals surface area contributed by atoms with Crippen molar-refractivity contribution in [1.29, 1.82) is 0 Å². The molecule has 3 aliphatic heterocycles. The van der Waals surface area contributed by atoms with Crippen molar-refractivity contribution in [3.05, 3.63) is 12.7 Å². The molecule has 0 aromatic heterocycles. The Hall–Kier alpha value is -3.84. The molecule has 0 aromatic rings. The van der Waals surface area contributed by atoms with Crippen molar-refractivity contribution < 1.29 is 125 Å². The molecule has 3 fully saturated rings. The molecule has 27 nitrogen and oxygen atoms in total. The van der Waals surface area contributed by atoms with E-state index < -0.39 is 160 Å². The number of Topliss-reactive ketones (excluding diaryl/α,β-unsaturated/α-hetero) is 1. The third kappa shape index (κ3) is 49.6. The van der Waals surface area contributed by atoms with Gasteiger partial charge in [-0.2, -0.15) is 8.42 Å². The lowest BCUT2D eigenvalue weighted by Crippen LogP contribution is -2.61. The lowest BCUT2D eigenvalue weighted by atomic mass is 9.74. The van der Waals surface area contributed by atoms with Crippen LogP contribution in [0.3, 0.4) is 0 Å². The van der Waals surface area contributed by atoms with Crippen molar-refractivity contribution in [3.8, 4) is 12.3 Å². The third-order valence-electron chi connectivity index (χ3n) is 22.9. The molecule has 0 bridgehead atoms. The zero-order chi connectivity index (χ0) is 89.6. The number of ether oxygens (including phenoxy) is 9. The molecular weight excluding hydrogens is 1540 g/mol. The first-order chi connectivity index (χ1) is 55.5. The minimum atomic E-state index is -4.23. The van der Waals surface area contributed by atoms with E-state index in [-0.39, 0.29) is 70.5 Å². The monoisotopic (exact) mass is 1710 g/mol. The summed E-state index contributed by atoms with van der Waals surface area (Å²) < 4.78 is 86.0. The number of esters is 4. The maximum atomic E-state index is 14.2. The zero-order valence-corrected chi connectivity index (χ0v) is 76.7. The van der Waals surface area contributed by atoms with E-state index in [0.717, 1.165) is 57.8 Å². The molecule has 118 heavy (non-hydrogen) atoms. The number of hydrogen-bond donors (Lipinski definition) is 9. The summed E-state index contributed by atoms with van der Waals surface area (Å²) in [5.41, 5.74) is -4.92. The molecule has 22 unspecified atom stereocenters. The molecule has 0 aromatic carbocycles. The molecule has 0 aliphatic carbocycles. The molecule has 3 saturated heterocycles. The lowest BCUT2D eigenvalue weighted by molar-refractivity contribution is -0.319. The molecule has 694 valence electrons. The highest BCUT2D eigenvalue weighted by molar-refractivity contribution is 7.80. The van der Waals surface area contributed by atoms with Crippen molar-refractivity contribution in [2.75, 3.05) is 41.0 Å². The van der Waals surface area contributed by atoms with Gasteiger partial charge < -0.3 is 88.4 Å². The first-order valence-corrected chi connectivity index (χ1v) is 46.1. The fourth-order valence-corrected chi connectivity index (χ4v) is 16.0. The van der Waals surface area contributed by atoms with Crippen molar-refractivity contribution in [1.82, 2.24) is 4.90 Å². The van der Waals surface area contributed by atoms with E-state index in [1.807, 2.05) is 32.0 Å². The van der Waals surface area contributed by atoms with Crippen LogP contribution in [0.2, 0.25) is 0 Å². The Morgan fingerprint density at radius 2 is 1.11 bits per heavy atom. The first-order valence-electron chi connectivity index (χ1n) is 44.8. The molecule has 0 saturated carbocycles. The second-order valence-corrected chi connectivity index (χ2v) is 35.5. The van der Waals surface area contributed by atoms with Gasteiger partial charge in [0.25, 0.3) is 0 Å². The van der Waals surface area contributed by atoms with Crippen LogP contribution in [-0.2, 0) is 81.2 Å². The highest BCUT2D eigenvalue weighted by atomic mass is 32.3. The molecule has 28 heteroatoms. The Morgan fingerprint density at radius 3 is 1.54 bits per heavy atom. The number of ketones is 1. The van der Waals surface area contributed by atoms with Gasteiger partial charge in [0.1, 0.15) is 36.8 Å². The molecule has 0 radical (unpaired) electrons. The van der Waals surface area contributed by atoms with E-state index in [2.05, 4.69) is 23.6 Å². The van der Waals surface area contributed by atoms with Crippen molar-refractivity contribution >= 4 is 40.1 Å². The molecule has 3 rings (SSSR count). The minimum absolute atomic E-state index is 0.0286. The van der Waals surface area contributed by atoms with Gasteiger partial charge in [0.2, 0.25) is 0 Å². The summed E-state index contributed by atoms with van der Waals surface area (Å²) in [5, 5.41) is 85.4. The second kappa shape index (κ2) is 64.0. The molecule has 3 aliphatic rings. The Kier molecular flexibility index (Phi) is 61.9. The number of likely N-dealkylation sites (N-methyl/N-ethyl adjacent to an activating group) is 1. The highest BCUT2D eigenvalue weighted by Gasteiger charge is 2.54. The van der Waals surface area contributed by atoms with Crippen LogP contribution in [0.1, 0.15) is 347 Å². The summed E-state index contributed by atoms with van der Waals surface area (Å²) in [6, 6.07) is -0.319. The Labute approximate surface area is 711 Å². The smallest absolute Gasteiger partial charge is 0.397 e. The van der Waals surface area contributed by atoms with E-state index in [9.17, 15) is 73.2 Å². The van der Waals surface area contributed by atoms with Crippen LogP contribution in [0.25, 0.3) is 0 Å². The molecule has 0 spiro atoms. The highest BCUT2D eigenvalue weighted by Crippen LogP contribution is 2.42.